The minimum Gasteiger partial charge on any atom is -0.427 e. The molecule has 6 bridgehead atoms. The number of esters is 1. The van der Waals surface area contributed by atoms with Crippen molar-refractivity contribution in [2.24, 2.45) is 11.3 Å². The molecule has 0 radical (unpaired) electrons. The van der Waals surface area contributed by atoms with E-state index >= 15 is 9.59 Å². The molecule has 0 saturated carbocycles. The second-order valence-corrected chi connectivity index (χ2v) is 15.7. The van der Waals surface area contributed by atoms with Gasteiger partial charge in [-0.25, -0.2) is 9.78 Å². The van der Waals surface area contributed by atoms with Crippen molar-refractivity contribution in [3.63, 3.8) is 0 Å². The van der Waals surface area contributed by atoms with Crippen LogP contribution in [0.3, 0.4) is 0 Å². The third-order valence-electron chi connectivity index (χ3n) is 12.4. The molecule has 11 heterocycles. The topological polar surface area (TPSA) is 254 Å². The Morgan fingerprint density at radius 1 is 0.944 bits per heavy atom. The highest BCUT2D eigenvalue weighted by atomic mass is 32.1. The monoisotopic (exact) mass is 761 g/mol. The van der Waals surface area contributed by atoms with E-state index in [9.17, 15) is 33.6 Å². The van der Waals surface area contributed by atoms with Gasteiger partial charge in [0.15, 0.2) is 16.2 Å². The molecule has 10 saturated heterocycles. The number of amides is 8. The maximum Gasteiger partial charge on any atom is 0.320 e. The zero-order valence-electron chi connectivity index (χ0n) is 29.6. The minimum atomic E-state index is -3.08. The van der Waals surface area contributed by atoms with Crippen LogP contribution in [0.1, 0.15) is 60.0 Å². The van der Waals surface area contributed by atoms with Crippen molar-refractivity contribution >= 4 is 64.6 Å². The van der Waals surface area contributed by atoms with E-state index in [2.05, 4.69) is 36.9 Å². The number of carbonyl (C=O) groups excluding carboxylic acids is 9. The number of hydrogen-bond donors (Lipinski definition) is 6. The Morgan fingerprint density at radius 3 is 2.30 bits per heavy atom. The fourth-order valence-electron chi connectivity index (χ4n) is 9.32. The van der Waals surface area contributed by atoms with Gasteiger partial charge in [0, 0.05) is 38.0 Å². The molecule has 1 aromatic carbocycles. The first-order valence-corrected chi connectivity index (χ1v) is 18.0. The van der Waals surface area contributed by atoms with E-state index in [0.717, 1.165) is 16.7 Å². The smallest absolute Gasteiger partial charge is 0.320 e. The molecule has 54 heavy (non-hydrogen) atoms. The van der Waals surface area contributed by atoms with Crippen LogP contribution in [0.5, 0.6) is 0 Å². The van der Waals surface area contributed by atoms with Crippen LogP contribution in [0.25, 0.3) is 0 Å². The number of nitrogens with one attached hydrogen (secondary N) is 6. The van der Waals surface area contributed by atoms with Crippen LogP contribution < -0.4 is 31.9 Å². The molecule has 1 aromatic heterocycles. The van der Waals surface area contributed by atoms with Gasteiger partial charge in [0.05, 0.1) is 17.5 Å². The molecule has 3 spiro atoms. The molecule has 20 heteroatoms. The van der Waals surface area contributed by atoms with Gasteiger partial charge in [-0.05, 0) is 27.2 Å². The molecular formula is C34H35N9O10S. The minimum absolute atomic E-state index is 0.264. The number of nitrogens with zero attached hydrogens (tertiary/aromatic N) is 3. The molecule has 10 fully saturated rings. The number of aromatic nitrogens is 1. The number of piperidine rings is 1. The van der Waals surface area contributed by atoms with Gasteiger partial charge >= 0.3 is 12.0 Å². The van der Waals surface area contributed by atoms with Gasteiger partial charge < -0.3 is 46.4 Å². The highest BCUT2D eigenvalue weighted by Crippen LogP contribution is 2.60. The number of likely N-dealkylation sites (N-methyl/N-ethyl adjacent to an activating group) is 1. The van der Waals surface area contributed by atoms with Crippen molar-refractivity contribution in [2.75, 3.05) is 20.1 Å². The molecule has 0 aliphatic carbocycles. The van der Waals surface area contributed by atoms with Gasteiger partial charge in [-0.3, -0.25) is 38.4 Å². The van der Waals surface area contributed by atoms with Crippen LogP contribution in [-0.2, 0) is 39.2 Å². The Morgan fingerprint density at radius 2 is 1.61 bits per heavy atom. The predicted molar refractivity (Wildman–Crippen MR) is 182 cm³/mol. The Kier molecular flexibility index (Phi) is 7.04. The summed E-state index contributed by atoms with van der Waals surface area (Å²) in [5.41, 5.74) is -15.3. The largest absolute Gasteiger partial charge is 0.427 e. The number of hydrogen-bond acceptors (Lipinski definition) is 12. The van der Waals surface area contributed by atoms with Crippen LogP contribution in [-0.4, -0.2) is 116 Å². The number of ether oxygens (including phenoxy) is 1. The van der Waals surface area contributed by atoms with E-state index in [-0.39, 0.29) is 29.5 Å². The third-order valence-corrected chi connectivity index (χ3v) is 13.3. The van der Waals surface area contributed by atoms with Crippen LogP contribution >= 0.6 is 11.3 Å². The van der Waals surface area contributed by atoms with Gasteiger partial charge in [0.2, 0.25) is 28.9 Å². The van der Waals surface area contributed by atoms with Crippen LogP contribution in [0.15, 0.2) is 35.7 Å². The van der Waals surface area contributed by atoms with E-state index < -0.39 is 99.4 Å². The lowest BCUT2D eigenvalue weighted by atomic mass is 9.49. The van der Waals surface area contributed by atoms with Crippen molar-refractivity contribution in [1.82, 2.24) is 46.7 Å². The van der Waals surface area contributed by atoms with Crippen molar-refractivity contribution in [3.8, 4) is 0 Å². The first-order chi connectivity index (χ1) is 25.4. The quantitative estimate of drug-likeness (QED) is 0.105. The van der Waals surface area contributed by atoms with Gasteiger partial charge in [-0.2, -0.15) is 0 Å². The van der Waals surface area contributed by atoms with Crippen LogP contribution in [0.4, 0.5) is 4.79 Å². The third kappa shape index (κ3) is 3.75. The van der Waals surface area contributed by atoms with E-state index in [1.54, 1.807) is 30.3 Å². The molecule has 4 unspecified atom stereocenters. The standard InChI is InChI=1S/C34H35N9O10S/c1-15(20(45)17-9-7-6-8-10-17)42(5)22(47)19-13-54-27(36-19)33(53-16(2)44)34-30(4)29(3)14-35-21(46)18-11-12-43(28(52)41-34)32(25(50)38-30,26(51)39-33)31(18,23(48)37-29)24(49)40-34/h6-10,13,15,18H,11-12,14H2,1-5H3,(H,35,46)(H,37,48)(H,38,50)(H,39,51)(H,40,49)(H,41,52)/t15?,18?,29?,30-,31?,32+,33-,34-/m0/s1. The molecule has 282 valence electrons. The normalized spacial score (nSPS) is 36.4. The van der Waals surface area contributed by atoms with Crippen molar-refractivity contribution in [1.29, 1.82) is 0 Å². The Hall–Kier alpha value is -5.92. The van der Waals surface area contributed by atoms with Gasteiger partial charge in [-0.15, -0.1) is 11.3 Å². The number of thiazole rings is 1. The second kappa shape index (κ2) is 10.8. The number of rotatable bonds is 6. The van der Waals surface area contributed by atoms with Gasteiger partial charge in [-0.1, -0.05) is 30.3 Å². The summed E-state index contributed by atoms with van der Waals surface area (Å²) in [6.45, 7) is 4.53. The highest BCUT2D eigenvalue weighted by Gasteiger charge is 2.90. The van der Waals surface area contributed by atoms with E-state index in [1.165, 1.54) is 33.2 Å². The first kappa shape index (κ1) is 35.1. The lowest BCUT2D eigenvalue weighted by molar-refractivity contribution is -0.238. The fraction of sp³-hybridized carbons (Fsp3) is 0.471. The lowest BCUT2D eigenvalue weighted by Gasteiger charge is -2.73. The Bertz CT molecular complexity index is 2160. The zero-order valence-corrected chi connectivity index (χ0v) is 30.4. The van der Waals surface area contributed by atoms with Crippen molar-refractivity contribution in [3.05, 3.63) is 52.0 Å². The molecule has 8 atom stereocenters. The maximum atomic E-state index is 15.2. The first-order valence-electron chi connectivity index (χ1n) is 17.1. The number of urea groups is 1. The van der Waals surface area contributed by atoms with Crippen LogP contribution in [0, 0.1) is 11.3 Å². The maximum absolute atomic E-state index is 15.2. The average molecular weight is 762 g/mol. The molecular weight excluding hydrogens is 726 g/mol. The SMILES string of the molecule is CC(=O)O[C@]1(c2nc(C(=O)N(C)C(C)C(=O)c3ccccc3)cs2)NC(=O)[C@@]23C(=O)N[C@@]4(C)C5(C)CNC(=O)C6CCN2C(=O)N[C@]14NC(=O)C63C(=O)N5. The summed E-state index contributed by atoms with van der Waals surface area (Å²) in [4.78, 5) is 136. The van der Waals surface area contributed by atoms with Crippen molar-refractivity contribution in [2.45, 2.75) is 68.2 Å². The summed E-state index contributed by atoms with van der Waals surface area (Å²) in [5, 5.41) is 17.6. The molecule has 10 aliphatic rings. The number of carbonyl (C=O) groups is 9. The molecule has 2 aromatic rings. The van der Waals surface area contributed by atoms with Gasteiger partial charge in [0.25, 0.3) is 23.4 Å². The molecule has 8 amide bonds. The van der Waals surface area contributed by atoms with E-state index in [0.29, 0.717) is 16.9 Å². The highest BCUT2D eigenvalue weighted by molar-refractivity contribution is 7.10. The molecule has 19 nitrogen and oxygen atoms in total. The molecule has 10 aliphatic heterocycles. The Labute approximate surface area is 310 Å². The van der Waals surface area contributed by atoms with Crippen LogP contribution in [0.2, 0.25) is 0 Å². The number of benzene rings is 1. The summed E-state index contributed by atoms with van der Waals surface area (Å²) in [5.74, 6) is -9.60. The molecule has 6 N–H and O–H groups in total. The summed E-state index contributed by atoms with van der Waals surface area (Å²) < 4.78 is 6.06. The fourth-order valence-corrected chi connectivity index (χ4v) is 10.3. The zero-order chi connectivity index (χ0) is 39.0. The second-order valence-electron chi connectivity index (χ2n) is 14.8. The number of Topliss-reactive ketones (excluding diaryl/α,β-unsaturated/α-hetero) is 1. The van der Waals surface area contributed by atoms with Crippen molar-refractivity contribution < 1.29 is 47.9 Å². The summed E-state index contributed by atoms with van der Waals surface area (Å²) >= 11 is 0.713. The molecule has 12 rings (SSSR count). The lowest BCUT2D eigenvalue weighted by Crippen LogP contribution is -3.05. The number of ketones is 1. The van der Waals surface area contributed by atoms with Gasteiger partial charge in [0.1, 0.15) is 11.2 Å². The average Bonchev–Trinajstić information content (AvgIpc) is 3.63. The van der Waals surface area contributed by atoms with E-state index in [4.69, 9.17) is 4.74 Å². The van der Waals surface area contributed by atoms with E-state index in [1.807, 2.05) is 0 Å². The summed E-state index contributed by atoms with van der Waals surface area (Å²) in [6, 6.07) is 6.26. The Balaban J connectivity index is 1.38. The summed E-state index contributed by atoms with van der Waals surface area (Å²) in [6.07, 6.45) is -0.283. The predicted octanol–water partition coefficient (Wildman–Crippen LogP) is -2.18. The summed E-state index contributed by atoms with van der Waals surface area (Å²) in [7, 11) is 1.39.